The maximum absolute atomic E-state index is 13.0. The standard InChI is InChI=1S/C18H25N3O3S2/c1-14-4-6-17(7-5-14)25-13-10-21-16(3)18(15(2)19-21)26(22,23)20-8-11-24-12-9-20/h4-7H,8-13H2,1-3H3. The lowest BCUT2D eigenvalue weighted by molar-refractivity contribution is 0.0730. The van der Waals surface area contributed by atoms with Crippen molar-refractivity contribution in [1.29, 1.82) is 0 Å². The van der Waals surface area contributed by atoms with Crippen LogP contribution in [0, 0.1) is 20.8 Å². The fraction of sp³-hybridized carbons (Fsp3) is 0.500. The third-order valence-electron chi connectivity index (χ3n) is 4.48. The second-order valence-corrected chi connectivity index (χ2v) is 9.44. The normalized spacial score (nSPS) is 16.1. The Morgan fingerprint density at radius 2 is 1.77 bits per heavy atom. The fourth-order valence-electron chi connectivity index (χ4n) is 3.07. The minimum atomic E-state index is -3.52. The molecule has 3 rings (SSSR count). The summed E-state index contributed by atoms with van der Waals surface area (Å²) < 4.78 is 34.5. The molecular weight excluding hydrogens is 370 g/mol. The monoisotopic (exact) mass is 395 g/mol. The first-order valence-corrected chi connectivity index (χ1v) is 11.1. The minimum Gasteiger partial charge on any atom is -0.379 e. The van der Waals surface area contributed by atoms with Crippen molar-refractivity contribution in [2.75, 3.05) is 32.1 Å². The first-order valence-electron chi connectivity index (χ1n) is 8.71. The molecule has 1 aromatic heterocycles. The van der Waals surface area contributed by atoms with E-state index in [2.05, 4.69) is 36.3 Å². The Morgan fingerprint density at radius 1 is 1.12 bits per heavy atom. The number of hydrogen-bond acceptors (Lipinski definition) is 5. The summed E-state index contributed by atoms with van der Waals surface area (Å²) in [6, 6.07) is 8.41. The van der Waals surface area contributed by atoms with Crippen molar-refractivity contribution in [2.24, 2.45) is 0 Å². The van der Waals surface area contributed by atoms with E-state index >= 15 is 0 Å². The highest BCUT2D eigenvalue weighted by Crippen LogP contribution is 2.25. The molecule has 0 unspecified atom stereocenters. The average Bonchev–Trinajstić information content (AvgIpc) is 2.92. The van der Waals surface area contributed by atoms with Crippen LogP contribution < -0.4 is 0 Å². The first-order chi connectivity index (χ1) is 12.4. The van der Waals surface area contributed by atoms with Gasteiger partial charge in [0.05, 0.1) is 31.1 Å². The molecule has 1 saturated heterocycles. The van der Waals surface area contributed by atoms with Gasteiger partial charge in [0.25, 0.3) is 0 Å². The number of thioether (sulfide) groups is 1. The Balaban J connectivity index is 1.72. The maximum atomic E-state index is 13.0. The van der Waals surface area contributed by atoms with Crippen LogP contribution in [0.4, 0.5) is 0 Å². The topological polar surface area (TPSA) is 64.4 Å². The SMILES string of the molecule is Cc1ccc(SCCn2nc(C)c(S(=O)(=O)N3CCOCC3)c2C)cc1. The Bertz CT molecular complexity index is 855. The van der Waals surface area contributed by atoms with Crippen LogP contribution in [-0.4, -0.2) is 54.6 Å². The Labute approximate surface area is 159 Å². The Hall–Kier alpha value is -1.35. The molecule has 0 spiro atoms. The van der Waals surface area contributed by atoms with E-state index in [0.29, 0.717) is 49.1 Å². The molecule has 1 aliphatic heterocycles. The van der Waals surface area contributed by atoms with E-state index in [1.54, 1.807) is 18.7 Å². The molecule has 0 N–H and O–H groups in total. The van der Waals surface area contributed by atoms with Crippen LogP contribution in [0.1, 0.15) is 17.0 Å². The molecule has 0 saturated carbocycles. The summed E-state index contributed by atoms with van der Waals surface area (Å²) in [6.07, 6.45) is 0. The van der Waals surface area contributed by atoms with Gasteiger partial charge in [-0.25, -0.2) is 8.42 Å². The molecular formula is C18H25N3O3S2. The van der Waals surface area contributed by atoms with E-state index in [1.165, 1.54) is 14.8 Å². The highest BCUT2D eigenvalue weighted by Gasteiger charge is 2.31. The van der Waals surface area contributed by atoms with E-state index in [0.717, 1.165) is 5.75 Å². The second kappa shape index (κ2) is 8.12. The molecule has 1 aromatic carbocycles. The summed E-state index contributed by atoms with van der Waals surface area (Å²) in [5.41, 5.74) is 2.51. The molecule has 1 fully saturated rings. The van der Waals surface area contributed by atoms with E-state index in [1.807, 2.05) is 11.6 Å². The third kappa shape index (κ3) is 4.14. The van der Waals surface area contributed by atoms with Crippen molar-refractivity contribution in [3.05, 3.63) is 41.2 Å². The van der Waals surface area contributed by atoms with Gasteiger partial charge in [-0.1, -0.05) is 17.7 Å². The summed E-state index contributed by atoms with van der Waals surface area (Å²) in [5, 5.41) is 4.48. The largest absolute Gasteiger partial charge is 0.379 e. The van der Waals surface area contributed by atoms with Crippen LogP contribution in [0.2, 0.25) is 0 Å². The van der Waals surface area contributed by atoms with Crippen molar-refractivity contribution in [3.8, 4) is 0 Å². The van der Waals surface area contributed by atoms with Gasteiger partial charge in [-0.15, -0.1) is 11.8 Å². The first kappa shape index (κ1) is 19.4. The van der Waals surface area contributed by atoms with Gasteiger partial charge in [-0.2, -0.15) is 9.40 Å². The van der Waals surface area contributed by atoms with Gasteiger partial charge >= 0.3 is 0 Å². The predicted octanol–water partition coefficient (Wildman–Crippen LogP) is 2.62. The zero-order valence-corrected chi connectivity index (χ0v) is 17.1. The Kier molecular flexibility index (Phi) is 6.06. The third-order valence-corrected chi connectivity index (χ3v) is 7.62. The van der Waals surface area contributed by atoms with E-state index < -0.39 is 10.0 Å². The molecule has 8 heteroatoms. The van der Waals surface area contributed by atoms with Crippen LogP contribution in [0.15, 0.2) is 34.1 Å². The number of morpholine rings is 1. The molecule has 2 aromatic rings. The predicted molar refractivity (Wildman–Crippen MR) is 103 cm³/mol. The van der Waals surface area contributed by atoms with Gasteiger partial charge < -0.3 is 4.74 Å². The number of ether oxygens (including phenoxy) is 1. The van der Waals surface area contributed by atoms with Gasteiger partial charge in [-0.3, -0.25) is 4.68 Å². The van der Waals surface area contributed by atoms with Gasteiger partial charge in [0.2, 0.25) is 10.0 Å². The number of aryl methyl sites for hydroxylation is 3. The van der Waals surface area contributed by atoms with Crippen molar-refractivity contribution < 1.29 is 13.2 Å². The summed E-state index contributed by atoms with van der Waals surface area (Å²) >= 11 is 1.75. The lowest BCUT2D eigenvalue weighted by Crippen LogP contribution is -2.41. The van der Waals surface area contributed by atoms with E-state index in [-0.39, 0.29) is 0 Å². The Morgan fingerprint density at radius 3 is 2.42 bits per heavy atom. The lowest BCUT2D eigenvalue weighted by atomic mass is 10.2. The number of hydrogen-bond donors (Lipinski definition) is 0. The molecule has 0 radical (unpaired) electrons. The van der Waals surface area contributed by atoms with Crippen molar-refractivity contribution in [3.63, 3.8) is 0 Å². The minimum absolute atomic E-state index is 0.347. The number of sulfonamides is 1. The smallest absolute Gasteiger partial charge is 0.246 e. The lowest BCUT2D eigenvalue weighted by Gasteiger charge is -2.26. The molecule has 0 bridgehead atoms. The molecule has 0 aliphatic carbocycles. The molecule has 0 amide bonds. The van der Waals surface area contributed by atoms with Crippen LogP contribution >= 0.6 is 11.8 Å². The fourth-order valence-corrected chi connectivity index (χ4v) is 5.68. The zero-order valence-electron chi connectivity index (χ0n) is 15.4. The van der Waals surface area contributed by atoms with Gasteiger partial charge in [-0.05, 0) is 32.9 Å². The summed E-state index contributed by atoms with van der Waals surface area (Å²) in [6.45, 7) is 8.03. The van der Waals surface area contributed by atoms with Crippen molar-refractivity contribution in [1.82, 2.24) is 14.1 Å². The molecule has 1 aliphatic rings. The highest BCUT2D eigenvalue weighted by atomic mass is 32.2. The number of benzene rings is 1. The van der Waals surface area contributed by atoms with E-state index in [9.17, 15) is 8.42 Å². The van der Waals surface area contributed by atoms with Crippen LogP contribution in [0.3, 0.4) is 0 Å². The highest BCUT2D eigenvalue weighted by molar-refractivity contribution is 7.99. The number of aromatic nitrogens is 2. The van der Waals surface area contributed by atoms with E-state index in [4.69, 9.17) is 4.74 Å². The maximum Gasteiger partial charge on any atom is 0.246 e. The van der Waals surface area contributed by atoms with Gasteiger partial charge in [0, 0.05) is 23.7 Å². The summed E-state index contributed by atoms with van der Waals surface area (Å²) in [5.74, 6) is 0.835. The summed E-state index contributed by atoms with van der Waals surface area (Å²) in [7, 11) is -3.52. The van der Waals surface area contributed by atoms with Crippen molar-refractivity contribution in [2.45, 2.75) is 37.1 Å². The molecule has 6 nitrogen and oxygen atoms in total. The number of rotatable bonds is 6. The van der Waals surface area contributed by atoms with Gasteiger partial charge in [0.15, 0.2) is 0 Å². The summed E-state index contributed by atoms with van der Waals surface area (Å²) in [4.78, 5) is 1.55. The zero-order chi connectivity index (χ0) is 18.7. The molecule has 26 heavy (non-hydrogen) atoms. The van der Waals surface area contributed by atoms with Crippen LogP contribution in [0.25, 0.3) is 0 Å². The number of nitrogens with zero attached hydrogens (tertiary/aromatic N) is 3. The van der Waals surface area contributed by atoms with Gasteiger partial charge in [0.1, 0.15) is 4.90 Å². The molecule has 0 atom stereocenters. The molecule has 142 valence electrons. The van der Waals surface area contributed by atoms with Crippen LogP contribution in [-0.2, 0) is 21.3 Å². The molecule has 2 heterocycles. The quantitative estimate of drug-likeness (QED) is 0.704. The average molecular weight is 396 g/mol. The van der Waals surface area contributed by atoms with Crippen molar-refractivity contribution >= 4 is 21.8 Å². The van der Waals surface area contributed by atoms with Crippen LogP contribution in [0.5, 0.6) is 0 Å². The second-order valence-electron chi connectivity index (χ2n) is 6.40.